The second-order valence-corrected chi connectivity index (χ2v) is 15.0. The first-order valence-corrected chi connectivity index (χ1v) is 19.0. The highest BCUT2D eigenvalue weighted by molar-refractivity contribution is 8.00. The van der Waals surface area contributed by atoms with Crippen LogP contribution in [0.1, 0.15) is 89.0 Å². The van der Waals surface area contributed by atoms with Crippen molar-refractivity contribution >= 4 is 45.4 Å². The average Bonchev–Trinajstić information content (AvgIpc) is 3.73. The Morgan fingerprint density at radius 3 is 1.89 bits per heavy atom. The fourth-order valence-corrected chi connectivity index (χ4v) is 9.90. The molecule has 0 bridgehead atoms. The van der Waals surface area contributed by atoms with Crippen molar-refractivity contribution in [2.45, 2.75) is 107 Å². The number of thioether (sulfide) groups is 1. The Morgan fingerprint density at radius 2 is 1.20 bits per heavy atom. The molecule has 7 heteroatoms. The van der Waals surface area contributed by atoms with Crippen molar-refractivity contribution in [2.75, 3.05) is 18.8 Å². The lowest BCUT2D eigenvalue weighted by atomic mass is 9.78. The fourth-order valence-electron chi connectivity index (χ4n) is 8.98. The average molecular weight is 639 g/mol. The zero-order valence-corrected chi connectivity index (χ0v) is 28.0. The van der Waals surface area contributed by atoms with Gasteiger partial charge in [0.15, 0.2) is 0 Å². The molecule has 2 saturated carbocycles. The largest absolute Gasteiger partial charge is 0.361 e. The number of aryl methyl sites for hydroxylation is 1. The van der Waals surface area contributed by atoms with E-state index in [1.807, 2.05) is 18.3 Å². The summed E-state index contributed by atoms with van der Waals surface area (Å²) in [7, 11) is 0. The number of benzene rings is 2. The molecule has 2 N–H and O–H groups in total. The van der Waals surface area contributed by atoms with Gasteiger partial charge in [-0.3, -0.25) is 9.59 Å². The molecule has 2 aromatic carbocycles. The van der Waals surface area contributed by atoms with E-state index in [4.69, 9.17) is 0 Å². The predicted molar refractivity (Wildman–Crippen MR) is 189 cm³/mol. The number of fused-ring (bicyclic) bond motifs is 4. The molecule has 4 heterocycles. The van der Waals surface area contributed by atoms with Gasteiger partial charge in [-0.15, -0.1) is 11.8 Å². The minimum atomic E-state index is 0.330. The number of aromatic nitrogens is 2. The van der Waals surface area contributed by atoms with E-state index in [0.717, 1.165) is 36.9 Å². The predicted octanol–water partition coefficient (Wildman–Crippen LogP) is 8.72. The van der Waals surface area contributed by atoms with Gasteiger partial charge in [0.2, 0.25) is 11.8 Å². The van der Waals surface area contributed by atoms with E-state index >= 15 is 0 Å². The van der Waals surface area contributed by atoms with Crippen LogP contribution >= 0.6 is 11.8 Å². The molecule has 2 amide bonds. The lowest BCUT2D eigenvalue weighted by Gasteiger charge is -2.44. The number of nitrogens with zero attached hydrogens (tertiary/aromatic N) is 2. The molecule has 244 valence electrons. The zero-order chi connectivity index (χ0) is 31.3. The first-order chi connectivity index (χ1) is 22.7. The number of aromatic amines is 2. The first-order valence-electron chi connectivity index (χ1n) is 18.0. The maximum atomic E-state index is 12.8. The van der Waals surface area contributed by atoms with Gasteiger partial charge in [-0.2, -0.15) is 0 Å². The van der Waals surface area contributed by atoms with Crippen LogP contribution in [0, 0.1) is 11.8 Å². The summed E-state index contributed by atoms with van der Waals surface area (Å²) < 4.78 is 0. The monoisotopic (exact) mass is 638 g/mol. The minimum absolute atomic E-state index is 0.330. The van der Waals surface area contributed by atoms with Crippen LogP contribution in [-0.4, -0.2) is 62.5 Å². The summed E-state index contributed by atoms with van der Waals surface area (Å²) in [5, 5.41) is 2.48. The second-order valence-electron chi connectivity index (χ2n) is 14.0. The third-order valence-corrected chi connectivity index (χ3v) is 12.4. The Bertz CT molecular complexity index is 1500. The van der Waals surface area contributed by atoms with Gasteiger partial charge in [0.1, 0.15) is 0 Å². The molecule has 8 rings (SSSR count). The summed E-state index contributed by atoms with van der Waals surface area (Å²) in [5.41, 5.74) is 3.58. The van der Waals surface area contributed by atoms with Crippen LogP contribution in [0.25, 0.3) is 21.8 Å². The molecule has 0 radical (unpaired) electrons. The van der Waals surface area contributed by atoms with E-state index in [9.17, 15) is 9.59 Å². The number of H-pyrrole nitrogens is 2. The van der Waals surface area contributed by atoms with Crippen molar-refractivity contribution in [2.24, 2.45) is 11.8 Å². The molecule has 4 aromatic rings. The van der Waals surface area contributed by atoms with Gasteiger partial charge in [0.05, 0.1) is 5.75 Å². The van der Waals surface area contributed by atoms with Crippen molar-refractivity contribution in [3.8, 4) is 0 Å². The molecule has 2 aliphatic carbocycles. The van der Waals surface area contributed by atoms with Crippen molar-refractivity contribution in [3.63, 3.8) is 0 Å². The summed E-state index contributed by atoms with van der Waals surface area (Å²) >= 11 is 1.68. The number of amides is 2. The zero-order valence-electron chi connectivity index (χ0n) is 27.2. The van der Waals surface area contributed by atoms with Gasteiger partial charge in [-0.25, -0.2) is 0 Å². The number of hydrogen-bond donors (Lipinski definition) is 2. The third-order valence-electron chi connectivity index (χ3n) is 11.3. The minimum Gasteiger partial charge on any atom is -0.361 e. The van der Waals surface area contributed by atoms with Gasteiger partial charge in [0.25, 0.3) is 0 Å². The SMILES string of the molecule is O=C(CCc1c[nH]c2ccccc12)N1CCCC2CCCCC21.O=C(CSc1c[nH]c2ccccc12)N1CCCC2CCCCC21. The lowest BCUT2D eigenvalue weighted by Crippen LogP contribution is -2.50. The van der Waals surface area contributed by atoms with Gasteiger partial charge < -0.3 is 19.8 Å². The fraction of sp³-hybridized carbons (Fsp3) is 0.538. The van der Waals surface area contributed by atoms with Crippen LogP contribution in [0.4, 0.5) is 0 Å². The molecule has 2 saturated heterocycles. The summed E-state index contributed by atoms with van der Waals surface area (Å²) in [6.45, 7) is 1.95. The quantitative estimate of drug-likeness (QED) is 0.208. The summed E-state index contributed by atoms with van der Waals surface area (Å²) in [4.78, 5) is 37.8. The van der Waals surface area contributed by atoms with Crippen molar-refractivity contribution < 1.29 is 9.59 Å². The number of carbonyl (C=O) groups is 2. The number of rotatable bonds is 6. The molecular formula is C39H50N4O2S. The summed E-state index contributed by atoms with van der Waals surface area (Å²) in [5.74, 6) is 2.79. The summed E-state index contributed by atoms with van der Waals surface area (Å²) in [6.07, 6.45) is 21.0. The number of para-hydroxylation sites is 2. The Hall–Kier alpha value is -3.19. The topological polar surface area (TPSA) is 72.2 Å². The smallest absolute Gasteiger partial charge is 0.233 e. The Kier molecular flexibility index (Phi) is 10.0. The molecule has 4 atom stereocenters. The second kappa shape index (κ2) is 14.7. The molecule has 46 heavy (non-hydrogen) atoms. The Labute approximate surface area is 278 Å². The number of piperidine rings is 2. The standard InChI is InChI=1S/C20H26N2O.C19H24N2OS/c23-20(22-13-5-7-15-6-1-4-10-19(15)22)12-11-16-14-21-18-9-3-2-8-17(16)18;22-19(21-11-5-7-14-6-1-4-10-17(14)21)13-23-18-12-20-16-9-3-2-8-15(16)18/h2-3,8-9,14-15,19,21H,1,4-7,10-13H2;2-3,8-9,12,14,17,20H,1,4-7,10-11,13H2. The highest BCUT2D eigenvalue weighted by Crippen LogP contribution is 2.37. The Balaban J connectivity index is 0.000000147. The molecule has 4 fully saturated rings. The lowest BCUT2D eigenvalue weighted by molar-refractivity contribution is -0.137. The van der Waals surface area contributed by atoms with E-state index in [2.05, 4.69) is 62.4 Å². The van der Waals surface area contributed by atoms with Gasteiger partial charge in [-0.1, -0.05) is 62.1 Å². The first kappa shape index (κ1) is 31.4. The van der Waals surface area contributed by atoms with E-state index in [0.29, 0.717) is 36.1 Å². The van der Waals surface area contributed by atoms with Crippen molar-refractivity contribution in [1.29, 1.82) is 0 Å². The molecule has 4 aliphatic rings. The number of nitrogens with one attached hydrogen (secondary N) is 2. The van der Waals surface area contributed by atoms with E-state index in [-0.39, 0.29) is 0 Å². The van der Waals surface area contributed by atoms with Gasteiger partial charge >= 0.3 is 0 Å². The van der Waals surface area contributed by atoms with E-state index in [1.165, 1.54) is 104 Å². The van der Waals surface area contributed by atoms with Gasteiger partial charge in [0, 0.05) is 70.7 Å². The summed E-state index contributed by atoms with van der Waals surface area (Å²) in [6, 6.07) is 17.7. The molecule has 6 nitrogen and oxygen atoms in total. The molecular weight excluding hydrogens is 589 g/mol. The third kappa shape index (κ3) is 6.90. The van der Waals surface area contributed by atoms with Crippen LogP contribution in [0.15, 0.2) is 65.8 Å². The highest BCUT2D eigenvalue weighted by atomic mass is 32.2. The van der Waals surface area contributed by atoms with Crippen molar-refractivity contribution in [3.05, 3.63) is 66.5 Å². The van der Waals surface area contributed by atoms with Crippen LogP contribution in [0.2, 0.25) is 0 Å². The Morgan fingerprint density at radius 1 is 0.652 bits per heavy atom. The van der Waals surface area contributed by atoms with Crippen LogP contribution < -0.4 is 0 Å². The van der Waals surface area contributed by atoms with Gasteiger partial charge in [-0.05, 0) is 87.3 Å². The molecule has 4 unspecified atom stereocenters. The molecule has 0 spiro atoms. The van der Waals surface area contributed by atoms with E-state index in [1.54, 1.807) is 11.8 Å². The number of carbonyl (C=O) groups excluding carboxylic acids is 2. The normalized spacial score (nSPS) is 24.6. The van der Waals surface area contributed by atoms with Crippen LogP contribution in [0.3, 0.4) is 0 Å². The number of likely N-dealkylation sites (tertiary alicyclic amines) is 2. The maximum absolute atomic E-state index is 12.8. The van der Waals surface area contributed by atoms with Crippen LogP contribution in [-0.2, 0) is 16.0 Å². The number of hydrogen-bond acceptors (Lipinski definition) is 3. The molecule has 2 aliphatic heterocycles. The maximum Gasteiger partial charge on any atom is 0.233 e. The van der Waals surface area contributed by atoms with Crippen molar-refractivity contribution in [1.82, 2.24) is 19.8 Å². The highest BCUT2D eigenvalue weighted by Gasteiger charge is 2.36. The van der Waals surface area contributed by atoms with Crippen LogP contribution in [0.5, 0.6) is 0 Å². The van der Waals surface area contributed by atoms with E-state index < -0.39 is 0 Å². The molecule has 2 aromatic heterocycles.